The van der Waals surface area contributed by atoms with Gasteiger partial charge in [-0.3, -0.25) is 4.79 Å². The summed E-state index contributed by atoms with van der Waals surface area (Å²) in [6, 6.07) is 9.75. The molecule has 0 unspecified atom stereocenters. The van der Waals surface area contributed by atoms with Gasteiger partial charge in [0.15, 0.2) is 5.69 Å². The molecule has 0 saturated carbocycles. The van der Waals surface area contributed by atoms with E-state index in [4.69, 9.17) is 4.74 Å². The van der Waals surface area contributed by atoms with Crippen LogP contribution in [0.2, 0.25) is 0 Å². The van der Waals surface area contributed by atoms with Gasteiger partial charge in [0, 0.05) is 19.3 Å². The summed E-state index contributed by atoms with van der Waals surface area (Å²) in [6.45, 7) is 1.39. The van der Waals surface area contributed by atoms with Gasteiger partial charge in [-0.25, -0.2) is 4.68 Å². The second-order valence-corrected chi connectivity index (χ2v) is 4.74. The third-order valence-corrected chi connectivity index (χ3v) is 3.30. The first-order valence-corrected chi connectivity index (χ1v) is 6.69. The van der Waals surface area contributed by atoms with Crippen LogP contribution in [0.15, 0.2) is 36.5 Å². The number of benzene rings is 1. The lowest BCUT2D eigenvalue weighted by Gasteiger charge is -2.22. The molecule has 104 valence electrons. The number of hydrogen-bond donors (Lipinski definition) is 1. The molecular formula is C14H16N4O2. The Morgan fingerprint density at radius 1 is 1.25 bits per heavy atom. The highest BCUT2D eigenvalue weighted by atomic mass is 16.5. The fourth-order valence-corrected chi connectivity index (χ4v) is 2.18. The van der Waals surface area contributed by atoms with Gasteiger partial charge in [0.05, 0.1) is 11.9 Å². The number of rotatable bonds is 3. The number of carbonyl (C=O) groups is 1. The number of amides is 1. The van der Waals surface area contributed by atoms with E-state index < -0.39 is 0 Å². The molecule has 6 heteroatoms. The predicted molar refractivity (Wildman–Crippen MR) is 72.7 cm³/mol. The van der Waals surface area contributed by atoms with E-state index in [0.29, 0.717) is 18.9 Å². The second kappa shape index (κ2) is 5.83. The Bertz CT molecular complexity index is 576. The lowest BCUT2D eigenvalue weighted by atomic mass is 10.1. The van der Waals surface area contributed by atoms with Crippen molar-refractivity contribution >= 4 is 5.91 Å². The van der Waals surface area contributed by atoms with Crippen molar-refractivity contribution in [3.63, 3.8) is 0 Å². The molecule has 2 heterocycles. The summed E-state index contributed by atoms with van der Waals surface area (Å²) in [7, 11) is 0. The molecule has 0 spiro atoms. The summed E-state index contributed by atoms with van der Waals surface area (Å²) in [5, 5.41) is 10.9. The summed E-state index contributed by atoms with van der Waals surface area (Å²) in [4.78, 5) is 12.1. The lowest BCUT2D eigenvalue weighted by Crippen LogP contribution is -2.39. The van der Waals surface area contributed by atoms with Crippen molar-refractivity contribution in [3.05, 3.63) is 42.2 Å². The van der Waals surface area contributed by atoms with E-state index in [0.717, 1.165) is 18.5 Å². The van der Waals surface area contributed by atoms with Crippen LogP contribution in [0.4, 0.5) is 0 Å². The molecule has 1 aromatic carbocycles. The van der Waals surface area contributed by atoms with Crippen LogP contribution in [0.1, 0.15) is 23.3 Å². The topological polar surface area (TPSA) is 69.0 Å². The molecule has 6 nitrogen and oxygen atoms in total. The average Bonchev–Trinajstić information content (AvgIpc) is 2.99. The minimum Gasteiger partial charge on any atom is -0.381 e. The fourth-order valence-electron chi connectivity index (χ4n) is 2.18. The van der Waals surface area contributed by atoms with E-state index in [1.54, 1.807) is 10.9 Å². The van der Waals surface area contributed by atoms with Gasteiger partial charge < -0.3 is 10.1 Å². The zero-order valence-electron chi connectivity index (χ0n) is 11.0. The highest BCUT2D eigenvalue weighted by molar-refractivity contribution is 5.92. The van der Waals surface area contributed by atoms with Crippen molar-refractivity contribution < 1.29 is 9.53 Å². The third kappa shape index (κ3) is 2.85. The zero-order valence-corrected chi connectivity index (χ0v) is 11.0. The molecule has 1 aliphatic heterocycles. The first-order chi connectivity index (χ1) is 9.83. The van der Waals surface area contributed by atoms with Crippen molar-refractivity contribution in [3.8, 4) is 5.69 Å². The van der Waals surface area contributed by atoms with E-state index >= 15 is 0 Å². The van der Waals surface area contributed by atoms with Crippen LogP contribution in [0.3, 0.4) is 0 Å². The standard InChI is InChI=1S/C14H16N4O2/c19-14(15-11-6-8-20-9-7-11)13-10-18(17-16-13)12-4-2-1-3-5-12/h1-5,10-11H,6-9H2,(H,15,19). The first kappa shape index (κ1) is 12.8. The van der Waals surface area contributed by atoms with Gasteiger partial charge in [0.25, 0.3) is 5.91 Å². The summed E-state index contributed by atoms with van der Waals surface area (Å²) in [5.41, 5.74) is 1.21. The normalized spacial score (nSPS) is 16.0. The molecule has 1 amide bonds. The van der Waals surface area contributed by atoms with Crippen LogP contribution in [0, 0.1) is 0 Å². The average molecular weight is 272 g/mol. The highest BCUT2D eigenvalue weighted by Gasteiger charge is 2.19. The largest absolute Gasteiger partial charge is 0.381 e. The monoisotopic (exact) mass is 272 g/mol. The highest BCUT2D eigenvalue weighted by Crippen LogP contribution is 2.09. The molecule has 1 aromatic heterocycles. The van der Waals surface area contributed by atoms with Gasteiger partial charge in [-0.2, -0.15) is 0 Å². The van der Waals surface area contributed by atoms with Gasteiger partial charge in [-0.05, 0) is 25.0 Å². The maximum atomic E-state index is 12.1. The minimum absolute atomic E-state index is 0.165. The number of aromatic nitrogens is 3. The van der Waals surface area contributed by atoms with Crippen LogP contribution >= 0.6 is 0 Å². The Kier molecular flexibility index (Phi) is 3.73. The van der Waals surface area contributed by atoms with E-state index in [2.05, 4.69) is 15.6 Å². The Balaban J connectivity index is 1.68. The van der Waals surface area contributed by atoms with Crippen molar-refractivity contribution in [2.75, 3.05) is 13.2 Å². The second-order valence-electron chi connectivity index (χ2n) is 4.74. The van der Waals surface area contributed by atoms with Gasteiger partial charge >= 0.3 is 0 Å². The maximum Gasteiger partial charge on any atom is 0.273 e. The SMILES string of the molecule is O=C(NC1CCOCC1)c1cn(-c2ccccc2)nn1. The molecule has 0 atom stereocenters. The van der Waals surface area contributed by atoms with Crippen molar-refractivity contribution in [1.82, 2.24) is 20.3 Å². The molecule has 1 N–H and O–H groups in total. The quantitative estimate of drug-likeness (QED) is 0.911. The van der Waals surface area contributed by atoms with E-state index in [-0.39, 0.29) is 11.9 Å². The minimum atomic E-state index is -0.181. The van der Waals surface area contributed by atoms with Crippen LogP contribution in [0.25, 0.3) is 5.69 Å². The van der Waals surface area contributed by atoms with E-state index in [1.165, 1.54) is 0 Å². The zero-order chi connectivity index (χ0) is 13.8. The smallest absolute Gasteiger partial charge is 0.273 e. The van der Waals surface area contributed by atoms with Gasteiger partial charge in [0.1, 0.15) is 0 Å². The van der Waals surface area contributed by atoms with Crippen LogP contribution < -0.4 is 5.32 Å². The number of para-hydroxylation sites is 1. The molecule has 0 radical (unpaired) electrons. The predicted octanol–water partition coefficient (Wildman–Crippen LogP) is 1.18. The van der Waals surface area contributed by atoms with Crippen molar-refractivity contribution in [2.45, 2.75) is 18.9 Å². The molecule has 3 rings (SSSR count). The first-order valence-electron chi connectivity index (χ1n) is 6.69. The molecule has 0 aliphatic carbocycles. The van der Waals surface area contributed by atoms with Crippen LogP contribution in [0.5, 0.6) is 0 Å². The Hall–Kier alpha value is -2.21. The number of nitrogens with one attached hydrogen (secondary N) is 1. The summed E-state index contributed by atoms with van der Waals surface area (Å²) in [5.74, 6) is -0.181. The molecular weight excluding hydrogens is 256 g/mol. The third-order valence-electron chi connectivity index (χ3n) is 3.30. The molecule has 1 aliphatic rings. The molecule has 1 fully saturated rings. The summed E-state index contributed by atoms with van der Waals surface area (Å²) >= 11 is 0. The fraction of sp³-hybridized carbons (Fsp3) is 0.357. The number of nitrogens with zero attached hydrogens (tertiary/aromatic N) is 3. The van der Waals surface area contributed by atoms with Gasteiger partial charge in [-0.15, -0.1) is 5.10 Å². The van der Waals surface area contributed by atoms with Crippen LogP contribution in [-0.2, 0) is 4.74 Å². The Morgan fingerprint density at radius 2 is 2.00 bits per heavy atom. The number of hydrogen-bond acceptors (Lipinski definition) is 4. The van der Waals surface area contributed by atoms with E-state index in [1.807, 2.05) is 30.3 Å². The number of ether oxygens (including phenoxy) is 1. The summed E-state index contributed by atoms with van der Waals surface area (Å²) < 4.78 is 6.86. The summed E-state index contributed by atoms with van der Waals surface area (Å²) in [6.07, 6.45) is 3.33. The molecule has 1 saturated heterocycles. The van der Waals surface area contributed by atoms with Crippen molar-refractivity contribution in [2.24, 2.45) is 0 Å². The number of carbonyl (C=O) groups excluding carboxylic acids is 1. The van der Waals surface area contributed by atoms with E-state index in [9.17, 15) is 4.79 Å². The van der Waals surface area contributed by atoms with Gasteiger partial charge in [-0.1, -0.05) is 23.4 Å². The Morgan fingerprint density at radius 3 is 2.75 bits per heavy atom. The maximum absolute atomic E-state index is 12.1. The van der Waals surface area contributed by atoms with Crippen molar-refractivity contribution in [1.29, 1.82) is 0 Å². The Labute approximate surface area is 116 Å². The lowest BCUT2D eigenvalue weighted by molar-refractivity contribution is 0.0694. The molecule has 2 aromatic rings. The molecule has 20 heavy (non-hydrogen) atoms. The van der Waals surface area contributed by atoms with Crippen LogP contribution in [-0.4, -0.2) is 40.2 Å². The van der Waals surface area contributed by atoms with Gasteiger partial charge in [0.2, 0.25) is 0 Å². The molecule has 0 bridgehead atoms.